The summed E-state index contributed by atoms with van der Waals surface area (Å²) in [6, 6.07) is 0. The summed E-state index contributed by atoms with van der Waals surface area (Å²) in [6.45, 7) is 3.20. The predicted molar refractivity (Wildman–Crippen MR) is 48.5 cm³/mol. The van der Waals surface area contributed by atoms with Crippen molar-refractivity contribution in [1.82, 2.24) is 0 Å². The first-order valence-corrected chi connectivity index (χ1v) is 4.54. The maximum absolute atomic E-state index is 11.5. The Labute approximate surface area is 82.6 Å². The number of Topliss-reactive ketones (excluding diaryl/α,β-unsaturated/α-hetero) is 2. The van der Waals surface area contributed by atoms with E-state index in [4.69, 9.17) is 0 Å². The van der Waals surface area contributed by atoms with Gasteiger partial charge in [0.2, 0.25) is 0 Å². The first-order valence-electron chi connectivity index (χ1n) is 4.54. The fourth-order valence-corrected chi connectivity index (χ4v) is 1.52. The Morgan fingerprint density at radius 1 is 1.29 bits per heavy atom. The Bertz CT molecular complexity index is 270. The van der Waals surface area contributed by atoms with Crippen LogP contribution in [0.4, 0.5) is 0 Å². The maximum atomic E-state index is 11.5. The Morgan fingerprint density at radius 3 is 2.07 bits per heavy atom. The minimum atomic E-state index is -0.926. The Balaban J connectivity index is 2.81. The molecule has 1 aliphatic carbocycles. The van der Waals surface area contributed by atoms with E-state index in [1.807, 2.05) is 0 Å². The number of hydrogen-bond acceptors (Lipinski definition) is 4. The molecule has 1 aliphatic rings. The van der Waals surface area contributed by atoms with Crippen molar-refractivity contribution in [2.24, 2.45) is 11.3 Å². The number of ether oxygens (including phenoxy) is 1. The first-order chi connectivity index (χ1) is 6.39. The summed E-state index contributed by atoms with van der Waals surface area (Å²) in [5, 5.41) is 0. The van der Waals surface area contributed by atoms with Gasteiger partial charge < -0.3 is 4.74 Å². The summed E-state index contributed by atoms with van der Waals surface area (Å²) in [4.78, 5) is 34.2. The van der Waals surface area contributed by atoms with Crippen molar-refractivity contribution in [3.8, 4) is 0 Å². The van der Waals surface area contributed by atoms with Crippen LogP contribution in [-0.4, -0.2) is 24.6 Å². The fraction of sp³-hybridized carbons (Fsp3) is 0.700. The van der Waals surface area contributed by atoms with E-state index in [0.717, 1.165) is 0 Å². The van der Waals surface area contributed by atoms with Crippen molar-refractivity contribution < 1.29 is 19.1 Å². The molecule has 0 aromatic heterocycles. The van der Waals surface area contributed by atoms with Crippen LogP contribution in [0.5, 0.6) is 0 Å². The quantitative estimate of drug-likeness (QED) is 0.460. The molecule has 4 heteroatoms. The van der Waals surface area contributed by atoms with E-state index < -0.39 is 17.3 Å². The van der Waals surface area contributed by atoms with Gasteiger partial charge in [0.1, 0.15) is 11.6 Å². The van der Waals surface area contributed by atoms with Gasteiger partial charge in [-0.2, -0.15) is 0 Å². The number of methoxy groups -OCH3 is 1. The summed E-state index contributed by atoms with van der Waals surface area (Å²) < 4.78 is 4.51. The monoisotopic (exact) mass is 198 g/mol. The van der Waals surface area contributed by atoms with Crippen LogP contribution in [0.15, 0.2) is 0 Å². The fourth-order valence-electron chi connectivity index (χ4n) is 1.52. The molecule has 4 nitrogen and oxygen atoms in total. The Morgan fingerprint density at radius 2 is 1.71 bits per heavy atom. The van der Waals surface area contributed by atoms with Gasteiger partial charge in [-0.3, -0.25) is 14.4 Å². The summed E-state index contributed by atoms with van der Waals surface area (Å²) in [6.07, 6.45) is 0.233. The molecule has 0 unspecified atom stereocenters. The maximum Gasteiger partial charge on any atom is 0.309 e. The van der Waals surface area contributed by atoms with Crippen molar-refractivity contribution in [3.63, 3.8) is 0 Å². The highest BCUT2D eigenvalue weighted by Gasteiger charge is 2.44. The molecule has 14 heavy (non-hydrogen) atoms. The molecule has 0 aromatic carbocycles. The molecule has 0 heterocycles. The second kappa shape index (κ2) is 3.52. The lowest BCUT2D eigenvalue weighted by atomic mass is 9.71. The third-order valence-corrected chi connectivity index (χ3v) is 2.79. The normalized spacial score (nSPS) is 22.2. The molecule has 0 spiro atoms. The average Bonchev–Trinajstić information content (AvgIpc) is 2.13. The molecule has 0 saturated heterocycles. The lowest BCUT2D eigenvalue weighted by molar-refractivity contribution is -0.155. The number of esters is 1. The van der Waals surface area contributed by atoms with E-state index in [1.54, 1.807) is 13.8 Å². The molecule has 0 aliphatic heterocycles. The average molecular weight is 198 g/mol. The first kappa shape index (κ1) is 10.9. The van der Waals surface area contributed by atoms with Crippen LogP contribution < -0.4 is 0 Å². The Kier molecular flexibility index (Phi) is 2.73. The Hall–Kier alpha value is -1.19. The van der Waals surface area contributed by atoms with E-state index in [-0.39, 0.29) is 24.4 Å². The standard InChI is InChI=1S/C10H14O4/c1-10(2)7(11)4-6(5-8(10)12)9(13)14-3/h6H,4-5H2,1-3H3. The van der Waals surface area contributed by atoms with Crippen molar-refractivity contribution in [3.05, 3.63) is 0 Å². The molecule has 0 bridgehead atoms. The highest BCUT2D eigenvalue weighted by molar-refractivity contribution is 6.10. The van der Waals surface area contributed by atoms with E-state index in [0.29, 0.717) is 0 Å². The van der Waals surface area contributed by atoms with Gasteiger partial charge in [-0.1, -0.05) is 0 Å². The number of ketones is 2. The van der Waals surface area contributed by atoms with E-state index in [2.05, 4.69) is 4.74 Å². The number of rotatable bonds is 1. The third kappa shape index (κ3) is 1.69. The summed E-state index contributed by atoms with van der Waals surface area (Å²) >= 11 is 0. The molecule has 0 aromatic rings. The molecule has 0 atom stereocenters. The van der Waals surface area contributed by atoms with Gasteiger partial charge in [-0.05, 0) is 13.8 Å². The van der Waals surface area contributed by atoms with Crippen LogP contribution in [0.2, 0.25) is 0 Å². The van der Waals surface area contributed by atoms with Gasteiger partial charge in [0.15, 0.2) is 0 Å². The summed E-state index contributed by atoms with van der Waals surface area (Å²) in [5.41, 5.74) is -0.926. The van der Waals surface area contributed by atoms with Crippen LogP contribution in [0.1, 0.15) is 26.7 Å². The second-order valence-electron chi connectivity index (χ2n) is 4.10. The molecule has 1 saturated carbocycles. The van der Waals surface area contributed by atoms with E-state index in [9.17, 15) is 14.4 Å². The molecule has 0 amide bonds. The lowest BCUT2D eigenvalue weighted by Crippen LogP contribution is -2.42. The number of hydrogen-bond donors (Lipinski definition) is 0. The predicted octanol–water partition coefficient (Wildman–Crippen LogP) is 0.734. The molecular formula is C10H14O4. The smallest absolute Gasteiger partial charge is 0.309 e. The molecule has 0 radical (unpaired) electrons. The zero-order valence-electron chi connectivity index (χ0n) is 8.62. The molecule has 1 rings (SSSR count). The van der Waals surface area contributed by atoms with Crippen molar-refractivity contribution >= 4 is 17.5 Å². The highest BCUT2D eigenvalue weighted by Crippen LogP contribution is 2.32. The minimum Gasteiger partial charge on any atom is -0.469 e. The van der Waals surface area contributed by atoms with Gasteiger partial charge in [-0.25, -0.2) is 0 Å². The van der Waals surface area contributed by atoms with Crippen molar-refractivity contribution in [2.45, 2.75) is 26.7 Å². The van der Waals surface area contributed by atoms with Crippen molar-refractivity contribution in [2.75, 3.05) is 7.11 Å². The second-order valence-corrected chi connectivity index (χ2v) is 4.10. The minimum absolute atomic E-state index is 0.116. The van der Waals surface area contributed by atoms with Gasteiger partial charge in [0.05, 0.1) is 18.4 Å². The zero-order chi connectivity index (χ0) is 10.9. The van der Waals surface area contributed by atoms with Crippen LogP contribution in [0, 0.1) is 11.3 Å². The SMILES string of the molecule is COC(=O)C1CC(=O)C(C)(C)C(=O)C1. The van der Waals surface area contributed by atoms with Gasteiger partial charge >= 0.3 is 5.97 Å². The third-order valence-electron chi connectivity index (χ3n) is 2.79. The summed E-state index contributed by atoms with van der Waals surface area (Å²) in [7, 11) is 1.26. The number of carbonyl (C=O) groups excluding carboxylic acids is 3. The van der Waals surface area contributed by atoms with Crippen LogP contribution in [0.25, 0.3) is 0 Å². The molecule has 78 valence electrons. The van der Waals surface area contributed by atoms with Gasteiger partial charge in [0.25, 0.3) is 0 Å². The highest BCUT2D eigenvalue weighted by atomic mass is 16.5. The van der Waals surface area contributed by atoms with Crippen LogP contribution in [0.3, 0.4) is 0 Å². The van der Waals surface area contributed by atoms with Crippen LogP contribution in [-0.2, 0) is 19.1 Å². The van der Waals surface area contributed by atoms with Crippen molar-refractivity contribution in [1.29, 1.82) is 0 Å². The van der Waals surface area contributed by atoms with E-state index >= 15 is 0 Å². The zero-order valence-corrected chi connectivity index (χ0v) is 8.62. The summed E-state index contributed by atoms with van der Waals surface area (Å²) in [5.74, 6) is -1.40. The molecular weight excluding hydrogens is 184 g/mol. The van der Waals surface area contributed by atoms with E-state index in [1.165, 1.54) is 7.11 Å². The van der Waals surface area contributed by atoms with Gasteiger partial charge in [0, 0.05) is 12.8 Å². The topological polar surface area (TPSA) is 60.4 Å². The molecule has 1 fully saturated rings. The van der Waals surface area contributed by atoms with Gasteiger partial charge in [-0.15, -0.1) is 0 Å². The lowest BCUT2D eigenvalue weighted by Gasteiger charge is -2.29. The number of carbonyl (C=O) groups is 3. The molecule has 0 N–H and O–H groups in total. The largest absolute Gasteiger partial charge is 0.469 e. The van der Waals surface area contributed by atoms with Crippen LogP contribution >= 0.6 is 0 Å².